The fourth-order valence-corrected chi connectivity index (χ4v) is 4.13. The molecule has 0 aromatic heterocycles. The second kappa shape index (κ2) is 8.00. The summed E-state index contributed by atoms with van der Waals surface area (Å²) in [6.07, 6.45) is 1.00. The molecular weight excluding hydrogens is 299 g/mol. The van der Waals surface area contributed by atoms with Gasteiger partial charge in [-0.1, -0.05) is 20.0 Å². The Labute approximate surface area is 126 Å². The van der Waals surface area contributed by atoms with Crippen LogP contribution in [-0.4, -0.2) is 8.07 Å². The van der Waals surface area contributed by atoms with Crippen LogP contribution in [-0.2, 0) is 26.2 Å². The predicted octanol–water partition coefficient (Wildman–Crippen LogP) is 3.17. The van der Waals surface area contributed by atoms with Crippen LogP contribution in [0.5, 0.6) is 0 Å². The molecule has 0 heterocycles. The van der Waals surface area contributed by atoms with E-state index in [1.54, 1.807) is 0 Å². The predicted molar refractivity (Wildman–Crippen MR) is 76.5 cm³/mol. The Morgan fingerprint density at radius 1 is 1.24 bits per heavy atom. The second-order valence-electron chi connectivity index (χ2n) is 4.47. The Kier molecular flexibility index (Phi) is 7.91. The molecule has 2 aromatic rings. The van der Waals surface area contributed by atoms with Gasteiger partial charge in [-0.2, -0.15) is 47.1 Å². The molecular formula is C15H21SiZr+. The van der Waals surface area contributed by atoms with Crippen LogP contribution in [0.2, 0.25) is 13.1 Å². The number of rotatable bonds is 2. The van der Waals surface area contributed by atoms with Crippen molar-refractivity contribution in [2.75, 3.05) is 0 Å². The van der Waals surface area contributed by atoms with Crippen molar-refractivity contribution in [3.63, 3.8) is 0 Å². The summed E-state index contributed by atoms with van der Waals surface area (Å²) in [5.41, 5.74) is 0. The van der Waals surface area contributed by atoms with Crippen LogP contribution in [0.15, 0.2) is 48.5 Å². The van der Waals surface area contributed by atoms with Gasteiger partial charge in [0.1, 0.15) is 0 Å². The summed E-state index contributed by atoms with van der Waals surface area (Å²) >= 11 is 0. The first-order valence-electron chi connectivity index (χ1n) is 5.86. The first kappa shape index (κ1) is 16.8. The van der Waals surface area contributed by atoms with Gasteiger partial charge in [-0.15, -0.1) is 0 Å². The van der Waals surface area contributed by atoms with E-state index in [-0.39, 0.29) is 26.2 Å². The molecule has 0 unspecified atom stereocenters. The molecule has 0 atom stereocenters. The zero-order chi connectivity index (χ0) is 12.0. The van der Waals surface area contributed by atoms with Gasteiger partial charge in [-0.05, 0) is 0 Å². The zero-order valence-electron chi connectivity index (χ0n) is 11.0. The van der Waals surface area contributed by atoms with Gasteiger partial charge < -0.3 is 6.92 Å². The average molecular weight is 321 g/mol. The van der Waals surface area contributed by atoms with Gasteiger partial charge in [-0.3, -0.25) is 0 Å². The third-order valence-electron chi connectivity index (χ3n) is 2.77. The third-order valence-corrected chi connectivity index (χ3v) is 6.32. The molecule has 0 nitrogen and oxygen atoms in total. The summed E-state index contributed by atoms with van der Waals surface area (Å²) in [6.45, 7) is 10.3. The summed E-state index contributed by atoms with van der Waals surface area (Å²) < 4.78 is 0. The maximum atomic E-state index is 3.49. The monoisotopic (exact) mass is 319 g/mol. The van der Waals surface area contributed by atoms with Gasteiger partial charge in [0.25, 0.3) is 0 Å². The zero-order valence-corrected chi connectivity index (χ0v) is 14.5. The van der Waals surface area contributed by atoms with E-state index in [2.05, 4.69) is 68.5 Å². The number of hydrogen-bond donors (Lipinski definition) is 0. The minimum absolute atomic E-state index is 0. The topological polar surface area (TPSA) is 0 Å². The first-order valence-corrected chi connectivity index (χ1v) is 8.86. The van der Waals surface area contributed by atoms with Crippen molar-refractivity contribution in [3.05, 3.63) is 55.5 Å². The SMILES string of the molecule is C[Si](C)(c1cc[cH-]c1)c1ccc[cH-]1.[CH2-]CC.[Zr+4]. The minimum Gasteiger partial charge on any atom is -0.344 e. The van der Waals surface area contributed by atoms with E-state index in [1.807, 2.05) is 6.92 Å². The van der Waals surface area contributed by atoms with Crippen LogP contribution in [0.4, 0.5) is 0 Å². The molecule has 2 aromatic carbocycles. The van der Waals surface area contributed by atoms with Gasteiger partial charge in [0.2, 0.25) is 0 Å². The van der Waals surface area contributed by atoms with Crippen molar-refractivity contribution < 1.29 is 26.2 Å². The van der Waals surface area contributed by atoms with Crippen molar-refractivity contribution in [1.29, 1.82) is 0 Å². The van der Waals surface area contributed by atoms with Gasteiger partial charge in [0, 0.05) is 8.07 Å². The van der Waals surface area contributed by atoms with Crippen molar-refractivity contribution >= 4 is 18.4 Å². The van der Waals surface area contributed by atoms with Gasteiger partial charge >= 0.3 is 26.2 Å². The number of hydrogen-bond acceptors (Lipinski definition) is 0. The maximum absolute atomic E-state index is 3.49. The van der Waals surface area contributed by atoms with Crippen LogP contribution in [0.1, 0.15) is 13.3 Å². The minimum atomic E-state index is -1.35. The second-order valence-corrected chi connectivity index (χ2v) is 8.88. The van der Waals surface area contributed by atoms with E-state index >= 15 is 0 Å². The summed E-state index contributed by atoms with van der Waals surface area (Å²) in [5, 5.41) is 3.05. The van der Waals surface area contributed by atoms with Crippen LogP contribution in [0, 0.1) is 6.92 Å². The molecule has 0 aliphatic heterocycles. The van der Waals surface area contributed by atoms with E-state index in [1.165, 1.54) is 10.4 Å². The average Bonchev–Trinajstić information content (AvgIpc) is 2.93. The van der Waals surface area contributed by atoms with Crippen molar-refractivity contribution in [3.8, 4) is 0 Å². The molecule has 0 amide bonds. The fraction of sp³-hybridized carbons (Fsp3) is 0.267. The van der Waals surface area contributed by atoms with E-state index in [0.717, 1.165) is 6.42 Å². The van der Waals surface area contributed by atoms with Crippen molar-refractivity contribution in [2.24, 2.45) is 0 Å². The molecule has 0 radical (unpaired) electrons. The Hall–Kier alpha value is -0.200. The normalized spacial score (nSPS) is 10.1. The van der Waals surface area contributed by atoms with Crippen LogP contribution < -0.4 is 10.4 Å². The molecule has 0 fully saturated rings. The molecule has 2 heteroatoms. The molecule has 2 rings (SSSR count). The molecule has 0 bridgehead atoms. The van der Waals surface area contributed by atoms with Gasteiger partial charge in [0.15, 0.2) is 0 Å². The van der Waals surface area contributed by atoms with E-state index in [9.17, 15) is 0 Å². The molecule has 0 spiro atoms. The molecule has 0 aliphatic carbocycles. The standard InChI is InChI=1S/C12H14Si.C3H7.Zr/c1-13(2,11-7-3-4-8-11)12-9-5-6-10-12;1-3-2;/h3-10H,1-2H3;1,3H2,2H3;/q-2;-1;+4. The van der Waals surface area contributed by atoms with Crippen molar-refractivity contribution in [1.82, 2.24) is 0 Å². The largest absolute Gasteiger partial charge is 4.00 e. The molecule has 0 saturated carbocycles. The Morgan fingerprint density at radius 2 is 1.88 bits per heavy atom. The van der Waals surface area contributed by atoms with Crippen LogP contribution >= 0.6 is 0 Å². The van der Waals surface area contributed by atoms with Crippen LogP contribution in [0.3, 0.4) is 0 Å². The van der Waals surface area contributed by atoms with E-state index in [0.29, 0.717) is 0 Å². The first-order chi connectivity index (χ1) is 7.62. The Balaban J connectivity index is 0.000000583. The van der Waals surface area contributed by atoms with Crippen LogP contribution in [0.25, 0.3) is 0 Å². The molecule has 0 N–H and O–H groups in total. The third kappa shape index (κ3) is 4.52. The van der Waals surface area contributed by atoms with Gasteiger partial charge in [0.05, 0.1) is 0 Å². The molecule has 0 saturated heterocycles. The van der Waals surface area contributed by atoms with Gasteiger partial charge in [-0.25, -0.2) is 18.2 Å². The van der Waals surface area contributed by atoms with E-state index < -0.39 is 8.07 Å². The molecule has 0 aliphatic rings. The Morgan fingerprint density at radius 3 is 2.29 bits per heavy atom. The Bertz CT molecular complexity index is 335. The smallest absolute Gasteiger partial charge is 0.344 e. The summed E-state index contributed by atoms with van der Waals surface area (Å²) in [5.74, 6) is 0. The molecule has 17 heavy (non-hydrogen) atoms. The maximum Gasteiger partial charge on any atom is 4.00 e. The van der Waals surface area contributed by atoms with Crippen molar-refractivity contribution in [2.45, 2.75) is 26.4 Å². The molecule has 88 valence electrons. The quantitative estimate of drug-likeness (QED) is 0.589. The van der Waals surface area contributed by atoms with E-state index in [4.69, 9.17) is 0 Å². The summed E-state index contributed by atoms with van der Waals surface area (Å²) in [4.78, 5) is 0. The fourth-order valence-electron chi connectivity index (χ4n) is 1.75. The summed E-state index contributed by atoms with van der Waals surface area (Å²) in [7, 11) is -1.35. The summed E-state index contributed by atoms with van der Waals surface area (Å²) in [6, 6.07) is 17.5.